The van der Waals surface area contributed by atoms with Gasteiger partial charge in [-0.2, -0.15) is 0 Å². The van der Waals surface area contributed by atoms with Crippen LogP contribution in [0.25, 0.3) is 11.1 Å². The van der Waals surface area contributed by atoms with E-state index in [4.69, 9.17) is 4.42 Å². The van der Waals surface area contributed by atoms with Crippen molar-refractivity contribution in [3.05, 3.63) is 24.1 Å². The van der Waals surface area contributed by atoms with Gasteiger partial charge in [0.05, 0.1) is 6.10 Å². The summed E-state index contributed by atoms with van der Waals surface area (Å²) in [6.45, 7) is 1.87. The molecule has 102 valence electrons. The number of oxazole rings is 1. The van der Waals surface area contributed by atoms with Gasteiger partial charge in [0.25, 0.3) is 0 Å². The molecule has 3 rings (SSSR count). The lowest BCUT2D eigenvalue weighted by molar-refractivity contribution is 0.122. The number of rotatable bonds is 2. The van der Waals surface area contributed by atoms with Crippen LogP contribution in [0.1, 0.15) is 31.6 Å². The predicted molar refractivity (Wildman–Crippen MR) is 75.4 cm³/mol. The minimum Gasteiger partial charge on any atom is -0.441 e. The zero-order valence-electron chi connectivity index (χ0n) is 11.5. The molecule has 4 heteroatoms. The van der Waals surface area contributed by atoms with Crippen molar-refractivity contribution in [2.24, 2.45) is 0 Å². The molecule has 1 aliphatic carbocycles. The average molecular weight is 260 g/mol. The summed E-state index contributed by atoms with van der Waals surface area (Å²) >= 11 is 0. The Morgan fingerprint density at radius 3 is 2.74 bits per heavy atom. The maximum absolute atomic E-state index is 9.58. The molecule has 0 amide bonds. The number of benzene rings is 1. The lowest BCUT2D eigenvalue weighted by atomic mass is 9.92. The molecular weight excluding hydrogens is 240 g/mol. The van der Waals surface area contributed by atoms with Gasteiger partial charge in [-0.15, -0.1) is 0 Å². The fraction of sp³-hybridized carbons (Fsp3) is 0.533. The smallest absolute Gasteiger partial charge is 0.192 e. The number of aliphatic hydroxyl groups excluding tert-OH is 1. The Labute approximate surface area is 113 Å². The molecule has 0 spiro atoms. The highest BCUT2D eigenvalue weighted by Gasteiger charge is 2.23. The van der Waals surface area contributed by atoms with Gasteiger partial charge in [-0.3, -0.25) is 0 Å². The van der Waals surface area contributed by atoms with Crippen LogP contribution in [0.4, 0.5) is 5.69 Å². The van der Waals surface area contributed by atoms with Crippen LogP contribution in [0, 0.1) is 6.92 Å². The number of hydrogen-bond acceptors (Lipinski definition) is 4. The molecule has 1 saturated carbocycles. The Bertz CT molecular complexity index is 571. The molecule has 1 heterocycles. The van der Waals surface area contributed by atoms with Crippen LogP contribution in [-0.2, 0) is 0 Å². The fourth-order valence-corrected chi connectivity index (χ4v) is 2.91. The van der Waals surface area contributed by atoms with Crippen molar-refractivity contribution < 1.29 is 9.52 Å². The van der Waals surface area contributed by atoms with Crippen molar-refractivity contribution in [3.63, 3.8) is 0 Å². The van der Waals surface area contributed by atoms with E-state index in [1.165, 1.54) is 5.69 Å². The number of hydrogen-bond donors (Lipinski definition) is 1. The minimum atomic E-state index is -0.106. The molecule has 0 bridgehead atoms. The maximum Gasteiger partial charge on any atom is 0.192 e. The van der Waals surface area contributed by atoms with Crippen LogP contribution in [0.15, 0.2) is 22.6 Å². The second-order valence-corrected chi connectivity index (χ2v) is 5.46. The number of aromatic nitrogens is 1. The molecule has 19 heavy (non-hydrogen) atoms. The summed E-state index contributed by atoms with van der Waals surface area (Å²) in [6, 6.07) is 6.65. The zero-order chi connectivity index (χ0) is 13.4. The Balaban J connectivity index is 1.82. The summed E-state index contributed by atoms with van der Waals surface area (Å²) in [7, 11) is 2.12. The van der Waals surface area contributed by atoms with Crippen LogP contribution in [0.5, 0.6) is 0 Å². The van der Waals surface area contributed by atoms with Gasteiger partial charge in [0.15, 0.2) is 11.5 Å². The predicted octanol–water partition coefficient (Wildman–Crippen LogP) is 2.88. The van der Waals surface area contributed by atoms with Gasteiger partial charge in [-0.05, 0) is 43.9 Å². The molecule has 1 aromatic heterocycles. The number of fused-ring (bicyclic) bond motifs is 1. The molecule has 0 aliphatic heterocycles. The third-order valence-corrected chi connectivity index (χ3v) is 4.10. The van der Waals surface area contributed by atoms with Crippen LogP contribution >= 0.6 is 0 Å². The lowest BCUT2D eigenvalue weighted by Gasteiger charge is -2.34. The van der Waals surface area contributed by atoms with Crippen LogP contribution in [0.2, 0.25) is 0 Å². The number of aryl methyl sites for hydroxylation is 1. The summed E-state index contributed by atoms with van der Waals surface area (Å²) in [4.78, 5) is 6.68. The number of nitrogens with zero attached hydrogens (tertiary/aromatic N) is 2. The van der Waals surface area contributed by atoms with E-state index in [0.717, 1.165) is 36.8 Å². The molecule has 2 aromatic rings. The van der Waals surface area contributed by atoms with E-state index in [2.05, 4.69) is 29.1 Å². The highest BCUT2D eigenvalue weighted by molar-refractivity contribution is 5.77. The summed E-state index contributed by atoms with van der Waals surface area (Å²) in [5.41, 5.74) is 2.92. The summed E-state index contributed by atoms with van der Waals surface area (Å²) in [6.07, 6.45) is 3.80. The SMILES string of the molecule is Cc1nc2cc(N(C)C3CCC(O)CC3)ccc2o1. The summed E-state index contributed by atoms with van der Waals surface area (Å²) in [5.74, 6) is 0.704. The largest absolute Gasteiger partial charge is 0.441 e. The van der Waals surface area contributed by atoms with Gasteiger partial charge in [-0.1, -0.05) is 0 Å². The second-order valence-electron chi connectivity index (χ2n) is 5.46. The normalized spacial score (nSPS) is 23.7. The third-order valence-electron chi connectivity index (χ3n) is 4.10. The Morgan fingerprint density at radius 1 is 1.26 bits per heavy atom. The number of aliphatic hydroxyl groups is 1. The quantitative estimate of drug-likeness (QED) is 0.902. The van der Waals surface area contributed by atoms with Gasteiger partial charge in [-0.25, -0.2) is 4.98 Å². The Morgan fingerprint density at radius 2 is 2.00 bits per heavy atom. The Hall–Kier alpha value is -1.55. The van der Waals surface area contributed by atoms with Gasteiger partial charge in [0.1, 0.15) is 5.52 Å². The van der Waals surface area contributed by atoms with Crippen LogP contribution in [-0.4, -0.2) is 29.3 Å². The molecular formula is C15H20N2O2. The van der Waals surface area contributed by atoms with Gasteiger partial charge in [0, 0.05) is 25.7 Å². The topological polar surface area (TPSA) is 49.5 Å². The zero-order valence-corrected chi connectivity index (χ0v) is 11.5. The van der Waals surface area contributed by atoms with E-state index >= 15 is 0 Å². The second kappa shape index (κ2) is 4.85. The lowest BCUT2D eigenvalue weighted by Crippen LogP contribution is -2.36. The molecule has 1 aliphatic rings. The molecule has 1 N–H and O–H groups in total. The number of anilines is 1. The minimum absolute atomic E-state index is 0.106. The van der Waals surface area contributed by atoms with Gasteiger partial charge < -0.3 is 14.4 Å². The van der Waals surface area contributed by atoms with Crippen molar-refractivity contribution in [2.75, 3.05) is 11.9 Å². The molecule has 0 atom stereocenters. The first-order chi connectivity index (χ1) is 9.13. The van der Waals surface area contributed by atoms with Crippen molar-refractivity contribution in [2.45, 2.75) is 44.8 Å². The highest BCUT2D eigenvalue weighted by atomic mass is 16.3. The van der Waals surface area contributed by atoms with Crippen molar-refractivity contribution in [1.29, 1.82) is 0 Å². The van der Waals surface area contributed by atoms with Crippen molar-refractivity contribution in [3.8, 4) is 0 Å². The monoisotopic (exact) mass is 260 g/mol. The highest BCUT2D eigenvalue weighted by Crippen LogP contribution is 2.28. The molecule has 1 fully saturated rings. The van der Waals surface area contributed by atoms with E-state index in [-0.39, 0.29) is 6.10 Å². The first-order valence-corrected chi connectivity index (χ1v) is 6.91. The molecule has 0 unspecified atom stereocenters. The van der Waals surface area contributed by atoms with Gasteiger partial charge >= 0.3 is 0 Å². The first-order valence-electron chi connectivity index (χ1n) is 6.91. The van der Waals surface area contributed by atoms with E-state index in [9.17, 15) is 5.11 Å². The molecule has 0 saturated heterocycles. The molecule has 4 nitrogen and oxygen atoms in total. The summed E-state index contributed by atoms with van der Waals surface area (Å²) < 4.78 is 5.50. The maximum atomic E-state index is 9.58. The molecule has 0 radical (unpaired) electrons. The fourth-order valence-electron chi connectivity index (χ4n) is 2.91. The standard InChI is InChI=1S/C15H20N2O2/c1-10-16-14-9-12(5-8-15(14)19-10)17(2)11-3-6-13(18)7-4-11/h5,8-9,11,13,18H,3-4,6-7H2,1-2H3. The van der Waals surface area contributed by atoms with Crippen LogP contribution in [0.3, 0.4) is 0 Å². The Kier molecular flexibility index (Phi) is 3.19. The van der Waals surface area contributed by atoms with Crippen LogP contribution < -0.4 is 4.90 Å². The first kappa shape index (κ1) is 12.5. The van der Waals surface area contributed by atoms with E-state index in [1.54, 1.807) is 0 Å². The van der Waals surface area contributed by atoms with E-state index < -0.39 is 0 Å². The van der Waals surface area contributed by atoms with Gasteiger partial charge in [0.2, 0.25) is 0 Å². The van der Waals surface area contributed by atoms with Crippen molar-refractivity contribution in [1.82, 2.24) is 4.98 Å². The third kappa shape index (κ3) is 2.45. The van der Waals surface area contributed by atoms with E-state index in [1.807, 2.05) is 13.0 Å². The van der Waals surface area contributed by atoms with E-state index in [0.29, 0.717) is 11.9 Å². The summed E-state index contributed by atoms with van der Waals surface area (Å²) in [5, 5.41) is 9.58. The molecule has 1 aromatic carbocycles. The van der Waals surface area contributed by atoms with Crippen molar-refractivity contribution >= 4 is 16.8 Å². The average Bonchev–Trinajstić information content (AvgIpc) is 2.77.